The summed E-state index contributed by atoms with van der Waals surface area (Å²) in [7, 11) is 0. The van der Waals surface area contributed by atoms with E-state index in [9.17, 15) is 14.4 Å². The van der Waals surface area contributed by atoms with Crippen LogP contribution in [0.15, 0.2) is 32.6 Å². The van der Waals surface area contributed by atoms with Crippen molar-refractivity contribution in [2.75, 3.05) is 0 Å². The number of H-pyrrole nitrogens is 2. The van der Waals surface area contributed by atoms with Gasteiger partial charge in [0.15, 0.2) is 5.75 Å². The van der Waals surface area contributed by atoms with Crippen LogP contribution >= 0.6 is 23.2 Å². The van der Waals surface area contributed by atoms with Gasteiger partial charge in [-0.2, -0.15) is 9.94 Å². The maximum Gasteiger partial charge on any atom is 0.349 e. The smallest absolute Gasteiger partial charge is 0.349 e. The summed E-state index contributed by atoms with van der Waals surface area (Å²) in [5.74, 6) is -4.21. The highest BCUT2D eigenvalue weighted by Crippen LogP contribution is 2.37. The molecule has 0 bridgehead atoms. The molecule has 2 aromatic heterocycles. The minimum atomic E-state index is -3.44. The van der Waals surface area contributed by atoms with Gasteiger partial charge >= 0.3 is 5.69 Å². The first-order chi connectivity index (χ1) is 16.5. The molecule has 0 unspecified atom stereocenters. The summed E-state index contributed by atoms with van der Waals surface area (Å²) in [6, 6.07) is 4.40. The summed E-state index contributed by atoms with van der Waals surface area (Å²) in [5, 5.41) is 17.5. The van der Waals surface area contributed by atoms with E-state index in [1.807, 2.05) is 10.1 Å². The van der Waals surface area contributed by atoms with Crippen molar-refractivity contribution >= 4 is 23.2 Å². The van der Waals surface area contributed by atoms with E-state index < -0.39 is 53.5 Å². The molecule has 2 heterocycles. The van der Waals surface area contributed by atoms with Gasteiger partial charge in [-0.1, -0.05) is 36.9 Å². The van der Waals surface area contributed by atoms with E-state index in [2.05, 4.69) is 10.2 Å². The van der Waals surface area contributed by atoms with E-state index in [0.717, 1.165) is 12.1 Å². The number of hydrogen-bond acceptors (Lipinski definition) is 7. The molecule has 12 heteroatoms. The predicted molar refractivity (Wildman–Crippen MR) is 104 cm³/mol. The number of halogens is 2. The fourth-order valence-electron chi connectivity index (χ4n) is 2.14. The minimum Gasteiger partial charge on any atom is -0.434 e. The van der Waals surface area contributed by atoms with Gasteiger partial charge in [0.25, 0.3) is 11.1 Å². The summed E-state index contributed by atoms with van der Waals surface area (Å²) in [6.45, 7) is -6.89. The van der Waals surface area contributed by atoms with Gasteiger partial charge in [0.2, 0.25) is 11.6 Å². The molecule has 0 aliphatic rings. The standard InChI is InChI=1S/C17H12Cl2N6O4/c1-7(2)9-5-13(22-23-15(9)26)29-14-10(18)3-8(4-11(14)19)25-17(28)21-16(27)12(6-20)24-25/h3-5,7H,1-2H3,(H,23,26)(H,21,27,28)/i1D3,2D3,7D. The zero-order valence-electron chi connectivity index (χ0n) is 20.9. The SMILES string of the molecule is [2H]C([2H])([2H])C([2H])(c1cc(Oc2c(Cl)cc(-n3nc(C#N)c(=O)[nH]c3=O)cc2Cl)n[nH]c1=O)C([2H])([2H])[2H]. The summed E-state index contributed by atoms with van der Waals surface area (Å²) in [5.41, 5.74) is -4.92. The molecule has 3 aromatic rings. The van der Waals surface area contributed by atoms with Crippen molar-refractivity contribution < 1.29 is 14.3 Å². The average Bonchev–Trinajstić information content (AvgIpc) is 2.75. The summed E-state index contributed by atoms with van der Waals surface area (Å²) in [6.07, 6.45) is 0. The van der Waals surface area contributed by atoms with Crippen LogP contribution in [0.4, 0.5) is 0 Å². The van der Waals surface area contributed by atoms with Gasteiger partial charge < -0.3 is 4.74 Å². The quantitative estimate of drug-likeness (QED) is 0.629. The van der Waals surface area contributed by atoms with E-state index in [1.165, 1.54) is 6.07 Å². The number of hydrogen-bond donors (Lipinski definition) is 2. The third-order valence-electron chi connectivity index (χ3n) is 3.42. The van der Waals surface area contributed by atoms with Gasteiger partial charge in [-0.15, -0.1) is 10.2 Å². The molecule has 1 aromatic carbocycles. The molecule has 10 nitrogen and oxygen atoms in total. The van der Waals surface area contributed by atoms with Crippen LogP contribution in [-0.2, 0) is 0 Å². The lowest BCUT2D eigenvalue weighted by atomic mass is 10.1. The van der Waals surface area contributed by atoms with Gasteiger partial charge in [-0.3, -0.25) is 14.6 Å². The molecule has 0 fully saturated rings. The molecular formula is C17H12Cl2N6O4. The Morgan fingerprint density at radius 2 is 1.93 bits per heavy atom. The number of rotatable bonds is 4. The largest absolute Gasteiger partial charge is 0.434 e. The van der Waals surface area contributed by atoms with Crippen molar-refractivity contribution in [3.05, 3.63) is 70.7 Å². The maximum absolute atomic E-state index is 12.3. The maximum atomic E-state index is 12.3. The molecule has 0 saturated heterocycles. The molecular weight excluding hydrogens is 423 g/mol. The molecule has 148 valence electrons. The predicted octanol–water partition coefficient (Wildman–Crippen LogP) is 2.10. The highest BCUT2D eigenvalue weighted by Gasteiger charge is 2.16. The third-order valence-corrected chi connectivity index (χ3v) is 3.98. The zero-order chi connectivity index (χ0) is 27.2. The normalized spacial score (nSPS) is 15.6. The molecule has 0 atom stereocenters. The lowest BCUT2D eigenvalue weighted by Crippen LogP contribution is -2.33. The van der Waals surface area contributed by atoms with Crippen molar-refractivity contribution in [1.82, 2.24) is 25.0 Å². The van der Waals surface area contributed by atoms with Crippen LogP contribution in [0.2, 0.25) is 10.0 Å². The Morgan fingerprint density at radius 3 is 2.55 bits per heavy atom. The number of nitriles is 1. The van der Waals surface area contributed by atoms with Crippen molar-refractivity contribution in [3.8, 4) is 23.4 Å². The molecule has 2 N–H and O–H groups in total. The first-order valence-corrected chi connectivity index (χ1v) is 8.18. The fraction of sp³-hybridized carbons (Fsp3) is 0.176. The van der Waals surface area contributed by atoms with E-state index in [1.54, 1.807) is 0 Å². The van der Waals surface area contributed by atoms with E-state index in [4.69, 9.17) is 42.8 Å². The van der Waals surface area contributed by atoms with Crippen molar-refractivity contribution in [1.29, 1.82) is 5.26 Å². The Morgan fingerprint density at radius 1 is 1.24 bits per heavy atom. The molecule has 0 aliphatic heterocycles. The number of nitrogens with one attached hydrogen (secondary N) is 2. The number of aromatic amines is 2. The number of benzene rings is 1. The fourth-order valence-corrected chi connectivity index (χ4v) is 2.70. The molecule has 3 rings (SSSR count). The Labute approximate surface area is 182 Å². The van der Waals surface area contributed by atoms with Crippen molar-refractivity contribution in [2.45, 2.75) is 19.6 Å². The van der Waals surface area contributed by atoms with Gasteiger partial charge in [0.05, 0.1) is 15.7 Å². The highest BCUT2D eigenvalue weighted by atomic mass is 35.5. The first kappa shape index (κ1) is 12.9. The summed E-state index contributed by atoms with van der Waals surface area (Å²) in [4.78, 5) is 37.8. The second-order valence-corrected chi connectivity index (χ2v) is 6.11. The number of ether oxygens (including phenoxy) is 1. The third kappa shape index (κ3) is 4.06. The molecule has 0 amide bonds. The Hall–Kier alpha value is -3.42. The van der Waals surface area contributed by atoms with Crippen molar-refractivity contribution in [3.63, 3.8) is 0 Å². The average molecular weight is 442 g/mol. The second kappa shape index (κ2) is 7.90. The van der Waals surface area contributed by atoms with Crippen LogP contribution in [-0.4, -0.2) is 25.0 Å². The van der Waals surface area contributed by atoms with Gasteiger partial charge in [-0.05, 0) is 18.0 Å². The van der Waals surface area contributed by atoms with Crippen LogP contribution in [0, 0.1) is 11.3 Å². The van der Waals surface area contributed by atoms with Crippen LogP contribution in [0.25, 0.3) is 5.69 Å². The Bertz CT molecular complexity index is 1540. The first-order valence-electron chi connectivity index (χ1n) is 10.9. The van der Waals surface area contributed by atoms with E-state index in [0.29, 0.717) is 10.7 Å². The lowest BCUT2D eigenvalue weighted by Gasteiger charge is -2.12. The van der Waals surface area contributed by atoms with E-state index >= 15 is 0 Å². The molecule has 0 saturated carbocycles. The van der Waals surface area contributed by atoms with Crippen LogP contribution < -0.4 is 21.5 Å². The zero-order valence-corrected chi connectivity index (χ0v) is 15.4. The van der Waals surface area contributed by atoms with Gasteiger partial charge in [-0.25, -0.2) is 9.89 Å². The van der Waals surface area contributed by atoms with Crippen molar-refractivity contribution in [2.24, 2.45) is 0 Å². The molecule has 29 heavy (non-hydrogen) atoms. The summed E-state index contributed by atoms with van der Waals surface area (Å²) < 4.78 is 59.6. The summed E-state index contributed by atoms with van der Waals surface area (Å²) >= 11 is 12.4. The van der Waals surface area contributed by atoms with Crippen LogP contribution in [0.3, 0.4) is 0 Å². The van der Waals surface area contributed by atoms with E-state index in [-0.39, 0.29) is 21.5 Å². The lowest BCUT2D eigenvalue weighted by molar-refractivity contribution is 0.452. The second-order valence-electron chi connectivity index (χ2n) is 5.30. The highest BCUT2D eigenvalue weighted by molar-refractivity contribution is 6.37. The Kier molecular flexibility index (Phi) is 3.52. The molecule has 0 aliphatic carbocycles. The molecule has 0 radical (unpaired) electrons. The van der Waals surface area contributed by atoms with Crippen LogP contribution in [0.5, 0.6) is 11.6 Å². The van der Waals surface area contributed by atoms with Gasteiger partial charge in [0, 0.05) is 21.2 Å². The van der Waals surface area contributed by atoms with Crippen LogP contribution in [0.1, 0.15) is 40.5 Å². The number of nitrogens with zero attached hydrogens (tertiary/aromatic N) is 4. The van der Waals surface area contributed by atoms with Gasteiger partial charge in [0.1, 0.15) is 6.07 Å². The minimum absolute atomic E-state index is 0.0832. The Balaban J connectivity index is 2.11. The topological polar surface area (TPSA) is 147 Å². The monoisotopic (exact) mass is 441 g/mol. The molecule has 0 spiro atoms. The number of aromatic nitrogens is 5.